The van der Waals surface area contributed by atoms with Gasteiger partial charge >= 0.3 is 6.09 Å². The van der Waals surface area contributed by atoms with Crippen LogP contribution >= 0.6 is 11.5 Å². The molecule has 1 aliphatic heterocycles. The van der Waals surface area contributed by atoms with Crippen LogP contribution in [-0.2, 0) is 6.54 Å². The zero-order valence-electron chi connectivity index (χ0n) is 10.4. The quantitative estimate of drug-likeness (QED) is 0.841. The molecule has 3 heterocycles. The molecule has 0 spiro atoms. The lowest BCUT2D eigenvalue weighted by molar-refractivity contribution is 0.113. The first-order valence-electron chi connectivity index (χ1n) is 5.81. The number of fused-ring (bicyclic) bond motifs is 1. The van der Waals surface area contributed by atoms with Crippen molar-refractivity contribution >= 4 is 17.6 Å². The fourth-order valence-electron chi connectivity index (χ4n) is 2.19. The Balaban J connectivity index is 2.01. The summed E-state index contributed by atoms with van der Waals surface area (Å²) in [6, 6.07) is -0.304. The van der Waals surface area contributed by atoms with Crippen LogP contribution in [0.5, 0.6) is 0 Å². The summed E-state index contributed by atoms with van der Waals surface area (Å²) in [5.41, 5.74) is 0. The van der Waals surface area contributed by atoms with Crippen molar-refractivity contribution < 1.29 is 9.90 Å². The minimum absolute atomic E-state index is 0.304. The lowest BCUT2D eigenvalue weighted by Gasteiger charge is -2.31. The molecule has 0 aliphatic carbocycles. The Labute approximate surface area is 112 Å². The molecule has 0 radical (unpaired) electrons. The number of nitrogens with zero attached hydrogens (tertiary/aromatic N) is 6. The van der Waals surface area contributed by atoms with Crippen LogP contribution in [0.1, 0.15) is 24.6 Å². The second kappa shape index (κ2) is 4.26. The molecule has 8 nitrogen and oxygen atoms in total. The first-order valence-corrected chi connectivity index (χ1v) is 6.58. The smallest absolute Gasteiger partial charge is 0.407 e. The molecule has 1 amide bonds. The van der Waals surface area contributed by atoms with Gasteiger partial charge in [0.1, 0.15) is 5.82 Å². The largest absolute Gasteiger partial charge is 0.465 e. The summed E-state index contributed by atoms with van der Waals surface area (Å²) in [6.07, 6.45) is -0.935. The van der Waals surface area contributed by atoms with Gasteiger partial charge in [0.15, 0.2) is 16.7 Å². The van der Waals surface area contributed by atoms with E-state index in [1.165, 1.54) is 16.4 Å². The van der Waals surface area contributed by atoms with E-state index in [-0.39, 0.29) is 6.04 Å². The van der Waals surface area contributed by atoms with Gasteiger partial charge in [-0.15, -0.1) is 10.2 Å². The van der Waals surface area contributed by atoms with Crippen molar-refractivity contribution in [1.29, 1.82) is 0 Å². The van der Waals surface area contributed by atoms with Crippen LogP contribution in [0.25, 0.3) is 10.8 Å². The van der Waals surface area contributed by atoms with E-state index in [0.717, 1.165) is 0 Å². The molecule has 1 N–H and O–H groups in total. The maximum absolute atomic E-state index is 11.1. The van der Waals surface area contributed by atoms with Crippen LogP contribution in [0, 0.1) is 6.92 Å². The van der Waals surface area contributed by atoms with Gasteiger partial charge in [-0.05, 0) is 25.4 Å². The number of amides is 1. The van der Waals surface area contributed by atoms with Crippen LogP contribution in [0.2, 0.25) is 0 Å². The highest BCUT2D eigenvalue weighted by Gasteiger charge is 2.31. The molecule has 0 saturated heterocycles. The Bertz CT molecular complexity index is 636. The summed E-state index contributed by atoms with van der Waals surface area (Å²) in [7, 11) is 0. The summed E-state index contributed by atoms with van der Waals surface area (Å²) in [6.45, 7) is 4.59. The second-order valence-electron chi connectivity index (χ2n) is 4.33. The van der Waals surface area contributed by atoms with Gasteiger partial charge in [0.2, 0.25) is 0 Å². The van der Waals surface area contributed by atoms with Crippen molar-refractivity contribution in [2.75, 3.05) is 6.54 Å². The predicted octanol–water partition coefficient (Wildman–Crippen LogP) is 1.16. The highest BCUT2D eigenvalue weighted by molar-refractivity contribution is 7.09. The molecule has 3 rings (SSSR count). The van der Waals surface area contributed by atoms with Gasteiger partial charge in [-0.3, -0.25) is 4.90 Å². The Hall–Kier alpha value is -2.03. The molecule has 1 aliphatic rings. The lowest BCUT2D eigenvalue weighted by Crippen LogP contribution is -2.40. The van der Waals surface area contributed by atoms with Gasteiger partial charge < -0.3 is 9.67 Å². The molecule has 2 aromatic heterocycles. The van der Waals surface area contributed by atoms with Crippen molar-refractivity contribution in [3.05, 3.63) is 11.6 Å². The first-order chi connectivity index (χ1) is 9.08. The van der Waals surface area contributed by atoms with Gasteiger partial charge in [0, 0.05) is 13.1 Å². The monoisotopic (exact) mass is 280 g/mol. The average molecular weight is 280 g/mol. The van der Waals surface area contributed by atoms with Gasteiger partial charge in [0.05, 0.1) is 6.04 Å². The normalized spacial score (nSPS) is 18.4. The molecule has 100 valence electrons. The van der Waals surface area contributed by atoms with Gasteiger partial charge in [-0.2, -0.15) is 4.37 Å². The number of hydrogen-bond donors (Lipinski definition) is 1. The molecule has 2 aromatic rings. The number of carboxylic acid groups (broad SMARTS) is 1. The van der Waals surface area contributed by atoms with Gasteiger partial charge in [-0.1, -0.05) is 0 Å². The van der Waals surface area contributed by atoms with Crippen LogP contribution < -0.4 is 0 Å². The second-order valence-corrected chi connectivity index (χ2v) is 5.08. The zero-order valence-corrected chi connectivity index (χ0v) is 11.3. The van der Waals surface area contributed by atoms with Crippen LogP contribution in [0.3, 0.4) is 0 Å². The fraction of sp³-hybridized carbons (Fsp3) is 0.500. The maximum atomic E-state index is 11.1. The number of aromatic nitrogens is 5. The third kappa shape index (κ3) is 1.86. The molecule has 19 heavy (non-hydrogen) atoms. The van der Waals surface area contributed by atoms with Gasteiger partial charge in [0.25, 0.3) is 0 Å². The van der Waals surface area contributed by atoms with Crippen molar-refractivity contribution in [2.24, 2.45) is 0 Å². The van der Waals surface area contributed by atoms with Crippen molar-refractivity contribution in [2.45, 2.75) is 26.4 Å². The molecule has 0 bridgehead atoms. The molecule has 1 unspecified atom stereocenters. The third-order valence-electron chi connectivity index (χ3n) is 3.15. The molecule has 0 fully saturated rings. The van der Waals surface area contributed by atoms with E-state index in [4.69, 9.17) is 5.11 Å². The van der Waals surface area contributed by atoms with E-state index < -0.39 is 6.09 Å². The summed E-state index contributed by atoms with van der Waals surface area (Å²) in [5.74, 6) is 2.02. The molecule has 0 saturated carbocycles. The average Bonchev–Trinajstić information content (AvgIpc) is 2.95. The SMILES string of the molecule is Cc1nsc(-c2nnc3n2CCN(C(=O)O)C3C)n1. The predicted molar refractivity (Wildman–Crippen MR) is 66.8 cm³/mol. The van der Waals surface area contributed by atoms with Crippen LogP contribution in [-0.4, -0.2) is 46.8 Å². The van der Waals surface area contributed by atoms with Crippen molar-refractivity contribution in [1.82, 2.24) is 29.0 Å². The molecule has 0 aromatic carbocycles. The molecular formula is C10H12N6O2S. The van der Waals surface area contributed by atoms with Crippen LogP contribution in [0.15, 0.2) is 0 Å². The standard InChI is InChI=1S/C10H12N6O2S/c1-5-7-12-13-8(9-11-6(2)14-19-9)16(7)4-3-15(5)10(17)18/h5H,3-4H2,1-2H3,(H,17,18). The Kier molecular flexibility index (Phi) is 2.70. The lowest BCUT2D eigenvalue weighted by atomic mass is 10.2. The summed E-state index contributed by atoms with van der Waals surface area (Å²) < 4.78 is 6.05. The van der Waals surface area contributed by atoms with Crippen molar-refractivity contribution in [3.8, 4) is 10.8 Å². The van der Waals surface area contributed by atoms with E-state index in [1.54, 1.807) is 0 Å². The fourth-order valence-corrected chi connectivity index (χ4v) is 2.86. The minimum atomic E-state index is -0.935. The zero-order chi connectivity index (χ0) is 13.6. The van der Waals surface area contributed by atoms with E-state index in [1.807, 2.05) is 18.4 Å². The van der Waals surface area contributed by atoms with Crippen molar-refractivity contribution in [3.63, 3.8) is 0 Å². The number of aryl methyl sites for hydroxylation is 1. The minimum Gasteiger partial charge on any atom is -0.465 e. The molecular weight excluding hydrogens is 268 g/mol. The molecule has 9 heteroatoms. The highest BCUT2D eigenvalue weighted by atomic mass is 32.1. The highest BCUT2D eigenvalue weighted by Crippen LogP contribution is 2.28. The first kappa shape index (κ1) is 12.0. The van der Waals surface area contributed by atoms with E-state index in [0.29, 0.717) is 35.6 Å². The van der Waals surface area contributed by atoms with E-state index in [9.17, 15) is 4.79 Å². The van der Waals surface area contributed by atoms with E-state index in [2.05, 4.69) is 19.6 Å². The number of carbonyl (C=O) groups is 1. The maximum Gasteiger partial charge on any atom is 0.407 e. The Morgan fingerprint density at radius 1 is 1.42 bits per heavy atom. The number of rotatable bonds is 1. The van der Waals surface area contributed by atoms with E-state index >= 15 is 0 Å². The summed E-state index contributed by atoms with van der Waals surface area (Å²) in [4.78, 5) is 16.8. The third-order valence-corrected chi connectivity index (χ3v) is 3.95. The van der Waals surface area contributed by atoms with Gasteiger partial charge in [-0.25, -0.2) is 9.78 Å². The Morgan fingerprint density at radius 3 is 2.84 bits per heavy atom. The van der Waals surface area contributed by atoms with Crippen LogP contribution in [0.4, 0.5) is 4.79 Å². The summed E-state index contributed by atoms with van der Waals surface area (Å²) >= 11 is 1.27. The summed E-state index contributed by atoms with van der Waals surface area (Å²) in [5, 5.41) is 18.1. The number of hydrogen-bond acceptors (Lipinski definition) is 6. The molecule has 1 atom stereocenters. The topological polar surface area (TPSA) is 97.0 Å². The Morgan fingerprint density at radius 2 is 2.21 bits per heavy atom.